The van der Waals surface area contributed by atoms with Crippen LogP contribution in [0.15, 0.2) is 30.3 Å². The Bertz CT molecular complexity index is 552. The Kier molecular flexibility index (Phi) is 6.92. The summed E-state index contributed by atoms with van der Waals surface area (Å²) in [6, 6.07) is 10.9. The number of hydrogen-bond acceptors (Lipinski definition) is 4. The van der Waals surface area contributed by atoms with Crippen molar-refractivity contribution in [1.82, 2.24) is 4.90 Å². The van der Waals surface area contributed by atoms with E-state index in [-0.39, 0.29) is 18.1 Å². The maximum Gasteiger partial charge on any atom is 0.251 e. The molecular weight excluding hydrogens is 328 g/mol. The molecule has 0 saturated carbocycles. The third-order valence-electron chi connectivity index (χ3n) is 5.64. The van der Waals surface area contributed by atoms with Gasteiger partial charge < -0.3 is 19.3 Å². The molecule has 2 atom stereocenters. The first-order valence-electron chi connectivity index (χ1n) is 9.95. The van der Waals surface area contributed by atoms with E-state index >= 15 is 0 Å². The number of benzene rings is 1. The van der Waals surface area contributed by atoms with Gasteiger partial charge in [-0.3, -0.25) is 4.79 Å². The molecule has 2 unspecified atom stereocenters. The highest BCUT2D eigenvalue weighted by molar-refractivity contribution is 5.80. The fourth-order valence-corrected chi connectivity index (χ4v) is 3.87. The molecule has 0 aliphatic carbocycles. The van der Waals surface area contributed by atoms with Crippen molar-refractivity contribution >= 4 is 11.6 Å². The number of piperidine rings is 1. The van der Waals surface area contributed by atoms with E-state index in [4.69, 9.17) is 9.47 Å². The van der Waals surface area contributed by atoms with Crippen LogP contribution in [0.2, 0.25) is 0 Å². The molecule has 2 aliphatic heterocycles. The van der Waals surface area contributed by atoms with Gasteiger partial charge in [-0.15, -0.1) is 0 Å². The molecular formula is C21H32N2O3. The number of ether oxygens (including phenoxy) is 2. The molecule has 26 heavy (non-hydrogen) atoms. The Labute approximate surface area is 157 Å². The summed E-state index contributed by atoms with van der Waals surface area (Å²) in [6.07, 6.45) is 5.13. The van der Waals surface area contributed by atoms with Crippen LogP contribution < -0.4 is 4.90 Å². The Morgan fingerprint density at radius 3 is 2.62 bits per heavy atom. The van der Waals surface area contributed by atoms with Crippen molar-refractivity contribution in [3.05, 3.63) is 30.3 Å². The van der Waals surface area contributed by atoms with Crippen LogP contribution in [0, 0.1) is 0 Å². The van der Waals surface area contributed by atoms with Gasteiger partial charge in [-0.2, -0.15) is 0 Å². The lowest BCUT2D eigenvalue weighted by Gasteiger charge is -2.38. The van der Waals surface area contributed by atoms with Crippen molar-refractivity contribution < 1.29 is 14.3 Å². The molecule has 0 bridgehead atoms. The predicted octanol–water partition coefficient (Wildman–Crippen LogP) is 3.09. The zero-order chi connectivity index (χ0) is 18.4. The maximum absolute atomic E-state index is 12.7. The summed E-state index contributed by atoms with van der Waals surface area (Å²) in [4.78, 5) is 17.0. The van der Waals surface area contributed by atoms with E-state index in [1.54, 1.807) is 0 Å². The van der Waals surface area contributed by atoms with Crippen LogP contribution in [-0.2, 0) is 14.3 Å². The fraction of sp³-hybridized carbons (Fsp3) is 0.667. The normalized spacial score (nSPS) is 22.8. The monoisotopic (exact) mass is 360 g/mol. The van der Waals surface area contributed by atoms with E-state index in [2.05, 4.69) is 36.2 Å². The smallest absolute Gasteiger partial charge is 0.251 e. The van der Waals surface area contributed by atoms with E-state index in [1.165, 1.54) is 12.1 Å². The third-order valence-corrected chi connectivity index (χ3v) is 5.64. The van der Waals surface area contributed by atoms with Crippen molar-refractivity contribution in [3.63, 3.8) is 0 Å². The minimum absolute atomic E-state index is 0.113. The van der Waals surface area contributed by atoms with Gasteiger partial charge in [0.15, 0.2) is 0 Å². The SMILES string of the molecule is CC(OCC1CCCCO1)C(=O)N1CCC(N(C)c2ccccc2)CC1. The molecule has 0 aromatic heterocycles. The molecule has 1 aromatic carbocycles. The molecule has 1 aromatic rings. The van der Waals surface area contributed by atoms with Crippen LogP contribution in [0.4, 0.5) is 5.69 Å². The Morgan fingerprint density at radius 1 is 1.23 bits per heavy atom. The van der Waals surface area contributed by atoms with E-state index in [9.17, 15) is 4.79 Å². The number of para-hydroxylation sites is 1. The number of carbonyl (C=O) groups is 1. The molecule has 2 saturated heterocycles. The van der Waals surface area contributed by atoms with Crippen LogP contribution >= 0.6 is 0 Å². The van der Waals surface area contributed by atoms with Crippen molar-refractivity contribution in [3.8, 4) is 0 Å². The van der Waals surface area contributed by atoms with E-state index in [0.29, 0.717) is 12.6 Å². The molecule has 0 radical (unpaired) electrons. The number of likely N-dealkylation sites (tertiary alicyclic amines) is 1. The lowest BCUT2D eigenvalue weighted by molar-refractivity contribution is -0.147. The standard InChI is InChI=1S/C21H32N2O3/c1-17(26-16-20-10-6-7-15-25-20)21(24)23-13-11-19(12-14-23)22(2)18-8-4-3-5-9-18/h3-5,8-9,17,19-20H,6-7,10-16H2,1-2H3. The van der Waals surface area contributed by atoms with Gasteiger partial charge in [-0.1, -0.05) is 18.2 Å². The average molecular weight is 360 g/mol. The Hall–Kier alpha value is -1.59. The van der Waals surface area contributed by atoms with Crippen LogP contribution in [0.25, 0.3) is 0 Å². The average Bonchev–Trinajstić information content (AvgIpc) is 2.72. The molecule has 2 heterocycles. The van der Waals surface area contributed by atoms with Gasteiger partial charge in [0, 0.05) is 38.5 Å². The lowest BCUT2D eigenvalue weighted by atomic mass is 10.0. The van der Waals surface area contributed by atoms with Gasteiger partial charge in [0.1, 0.15) is 6.10 Å². The second-order valence-electron chi connectivity index (χ2n) is 7.47. The number of nitrogens with zero attached hydrogens (tertiary/aromatic N) is 2. The van der Waals surface area contributed by atoms with Crippen LogP contribution in [0.3, 0.4) is 0 Å². The largest absolute Gasteiger partial charge is 0.376 e. The summed E-state index contributed by atoms with van der Waals surface area (Å²) in [6.45, 7) is 4.81. The fourth-order valence-electron chi connectivity index (χ4n) is 3.87. The minimum atomic E-state index is -0.385. The summed E-state index contributed by atoms with van der Waals surface area (Å²) in [7, 11) is 2.15. The van der Waals surface area contributed by atoms with E-state index in [0.717, 1.165) is 45.4 Å². The maximum atomic E-state index is 12.7. The second-order valence-corrected chi connectivity index (χ2v) is 7.47. The Morgan fingerprint density at radius 2 is 1.96 bits per heavy atom. The summed E-state index contributed by atoms with van der Waals surface area (Å²) in [5.74, 6) is 0.113. The van der Waals surface area contributed by atoms with E-state index < -0.39 is 0 Å². The predicted molar refractivity (Wildman–Crippen MR) is 103 cm³/mol. The summed E-state index contributed by atoms with van der Waals surface area (Å²) < 4.78 is 11.5. The van der Waals surface area contributed by atoms with Gasteiger partial charge in [0.05, 0.1) is 12.7 Å². The topological polar surface area (TPSA) is 42.0 Å². The zero-order valence-electron chi connectivity index (χ0n) is 16.1. The molecule has 2 fully saturated rings. The Balaban J connectivity index is 1.42. The first-order valence-corrected chi connectivity index (χ1v) is 9.95. The van der Waals surface area contributed by atoms with Crippen LogP contribution in [0.1, 0.15) is 39.0 Å². The highest BCUT2D eigenvalue weighted by atomic mass is 16.5. The molecule has 144 valence electrons. The highest BCUT2D eigenvalue weighted by Gasteiger charge is 2.28. The zero-order valence-corrected chi connectivity index (χ0v) is 16.1. The minimum Gasteiger partial charge on any atom is -0.376 e. The molecule has 1 amide bonds. The van der Waals surface area contributed by atoms with Gasteiger partial charge in [-0.05, 0) is 51.2 Å². The first kappa shape index (κ1) is 19.2. The molecule has 5 nitrogen and oxygen atoms in total. The molecule has 5 heteroatoms. The van der Waals surface area contributed by atoms with Gasteiger partial charge >= 0.3 is 0 Å². The van der Waals surface area contributed by atoms with Crippen molar-refractivity contribution in [1.29, 1.82) is 0 Å². The molecule has 0 N–H and O–H groups in total. The molecule has 2 aliphatic rings. The van der Waals surface area contributed by atoms with Gasteiger partial charge in [0.25, 0.3) is 5.91 Å². The number of hydrogen-bond donors (Lipinski definition) is 0. The molecule has 0 spiro atoms. The third kappa shape index (κ3) is 4.98. The summed E-state index contributed by atoms with van der Waals surface area (Å²) in [5, 5.41) is 0. The van der Waals surface area contributed by atoms with Crippen molar-refractivity contribution in [2.45, 2.75) is 57.3 Å². The first-order chi connectivity index (χ1) is 12.6. The second kappa shape index (κ2) is 9.38. The number of amides is 1. The molecule has 3 rings (SSSR count). The van der Waals surface area contributed by atoms with Gasteiger partial charge in [-0.25, -0.2) is 0 Å². The van der Waals surface area contributed by atoms with Crippen LogP contribution in [0.5, 0.6) is 0 Å². The number of carbonyl (C=O) groups excluding carboxylic acids is 1. The van der Waals surface area contributed by atoms with E-state index in [1.807, 2.05) is 17.9 Å². The van der Waals surface area contributed by atoms with Gasteiger partial charge in [0.2, 0.25) is 0 Å². The summed E-state index contributed by atoms with van der Waals surface area (Å²) in [5.41, 5.74) is 1.24. The quantitative estimate of drug-likeness (QED) is 0.782. The van der Waals surface area contributed by atoms with Crippen LogP contribution in [-0.4, -0.2) is 62.4 Å². The highest BCUT2D eigenvalue weighted by Crippen LogP contribution is 2.22. The lowest BCUT2D eigenvalue weighted by Crippen LogP contribution is -2.48. The summed E-state index contributed by atoms with van der Waals surface area (Å²) >= 11 is 0. The van der Waals surface area contributed by atoms with Crippen molar-refractivity contribution in [2.75, 3.05) is 38.3 Å². The number of anilines is 1. The van der Waals surface area contributed by atoms with Crippen molar-refractivity contribution in [2.24, 2.45) is 0 Å². The number of rotatable bonds is 6.